The Morgan fingerprint density at radius 3 is 2.25 bits per heavy atom. The minimum absolute atomic E-state index is 0.310. The second-order valence-electron chi connectivity index (χ2n) is 5.57. The Labute approximate surface area is 120 Å². The Morgan fingerprint density at radius 1 is 1.05 bits per heavy atom. The summed E-state index contributed by atoms with van der Waals surface area (Å²) in [5.74, 6) is -0.310. The molecule has 0 amide bonds. The summed E-state index contributed by atoms with van der Waals surface area (Å²) in [5.41, 5.74) is 3.05. The van der Waals surface area contributed by atoms with Crippen molar-refractivity contribution in [2.24, 2.45) is 0 Å². The van der Waals surface area contributed by atoms with Gasteiger partial charge in [0.2, 0.25) is 0 Å². The Hall–Kier alpha value is -1.67. The molecule has 2 heteroatoms. The molecule has 0 spiro atoms. The second-order valence-corrected chi connectivity index (χ2v) is 5.57. The molecule has 0 saturated carbocycles. The molecule has 0 bridgehead atoms. The van der Waals surface area contributed by atoms with E-state index < -0.39 is 5.60 Å². The van der Waals surface area contributed by atoms with Crippen molar-refractivity contribution in [1.29, 1.82) is 0 Å². The summed E-state index contributed by atoms with van der Waals surface area (Å²) in [7, 11) is 0. The van der Waals surface area contributed by atoms with Crippen molar-refractivity contribution in [2.45, 2.75) is 39.2 Å². The molecule has 0 aliphatic carbocycles. The molecule has 1 nitrogen and oxygen atoms in total. The Morgan fingerprint density at radius 2 is 1.70 bits per heavy atom. The number of halogens is 1. The van der Waals surface area contributed by atoms with Crippen LogP contribution in [0.2, 0.25) is 0 Å². The molecule has 0 aliphatic heterocycles. The van der Waals surface area contributed by atoms with Crippen LogP contribution in [0.1, 0.15) is 35.6 Å². The summed E-state index contributed by atoms with van der Waals surface area (Å²) in [5, 5.41) is 10.9. The van der Waals surface area contributed by atoms with Crippen molar-refractivity contribution in [3.8, 4) is 0 Å². The van der Waals surface area contributed by atoms with Gasteiger partial charge in [0.25, 0.3) is 0 Å². The van der Waals surface area contributed by atoms with Crippen LogP contribution in [0.3, 0.4) is 0 Å². The van der Waals surface area contributed by atoms with Crippen LogP contribution in [0.15, 0.2) is 42.5 Å². The van der Waals surface area contributed by atoms with Crippen LogP contribution in [0.5, 0.6) is 0 Å². The van der Waals surface area contributed by atoms with Crippen molar-refractivity contribution in [2.75, 3.05) is 0 Å². The van der Waals surface area contributed by atoms with E-state index >= 15 is 0 Å². The van der Waals surface area contributed by atoms with E-state index in [1.807, 2.05) is 20.8 Å². The van der Waals surface area contributed by atoms with Gasteiger partial charge in [0, 0.05) is 6.42 Å². The molecule has 0 radical (unpaired) electrons. The highest BCUT2D eigenvalue weighted by Gasteiger charge is 2.28. The average molecular weight is 272 g/mol. The van der Waals surface area contributed by atoms with Crippen LogP contribution in [-0.2, 0) is 12.0 Å². The molecule has 0 saturated heterocycles. The molecular weight excluding hydrogens is 251 g/mol. The molecule has 1 unspecified atom stereocenters. The van der Waals surface area contributed by atoms with Gasteiger partial charge in [-0.2, -0.15) is 0 Å². The number of aryl methyl sites for hydroxylation is 2. The van der Waals surface area contributed by atoms with Crippen LogP contribution >= 0.6 is 0 Å². The average Bonchev–Trinajstić information content (AvgIpc) is 2.37. The Kier molecular flexibility index (Phi) is 4.24. The molecule has 0 heterocycles. The maximum absolute atomic E-state index is 13.4. The van der Waals surface area contributed by atoms with Gasteiger partial charge in [0.15, 0.2) is 0 Å². The van der Waals surface area contributed by atoms with Crippen molar-refractivity contribution >= 4 is 0 Å². The first-order chi connectivity index (χ1) is 9.43. The SMILES string of the molecule is CCC(O)(Cc1cc(C)cc(C)c1)c1cccc(F)c1. The maximum Gasteiger partial charge on any atom is 0.123 e. The predicted octanol–water partition coefficient (Wildman–Crippen LogP) is 4.28. The lowest BCUT2D eigenvalue weighted by atomic mass is 9.84. The predicted molar refractivity (Wildman–Crippen MR) is 80.2 cm³/mol. The molecule has 0 aliphatic rings. The van der Waals surface area contributed by atoms with Gasteiger partial charge in [0.1, 0.15) is 5.82 Å². The van der Waals surface area contributed by atoms with E-state index in [4.69, 9.17) is 0 Å². The fourth-order valence-electron chi connectivity index (χ4n) is 2.72. The second kappa shape index (κ2) is 5.76. The van der Waals surface area contributed by atoms with E-state index in [9.17, 15) is 9.50 Å². The van der Waals surface area contributed by atoms with Crippen LogP contribution < -0.4 is 0 Å². The zero-order valence-electron chi connectivity index (χ0n) is 12.3. The number of hydrogen-bond acceptors (Lipinski definition) is 1. The minimum Gasteiger partial charge on any atom is -0.385 e. The van der Waals surface area contributed by atoms with Crippen molar-refractivity contribution in [3.05, 3.63) is 70.5 Å². The molecule has 0 fully saturated rings. The van der Waals surface area contributed by atoms with Gasteiger partial charge in [-0.15, -0.1) is 0 Å². The number of hydrogen-bond donors (Lipinski definition) is 1. The Bertz CT molecular complexity index is 586. The standard InChI is InChI=1S/C18H21FO/c1-4-18(20,16-6-5-7-17(19)11-16)12-15-9-13(2)8-14(3)10-15/h5-11,20H,4,12H2,1-3H3. The van der Waals surface area contributed by atoms with Gasteiger partial charge in [-0.05, 0) is 43.5 Å². The molecule has 0 aromatic heterocycles. The van der Waals surface area contributed by atoms with Crippen molar-refractivity contribution < 1.29 is 9.50 Å². The third-order valence-electron chi connectivity index (χ3n) is 3.72. The number of rotatable bonds is 4. The van der Waals surface area contributed by atoms with Gasteiger partial charge in [-0.3, -0.25) is 0 Å². The molecular formula is C18H21FO. The van der Waals surface area contributed by atoms with E-state index in [0.717, 1.165) is 5.56 Å². The van der Waals surface area contributed by atoms with Gasteiger partial charge >= 0.3 is 0 Å². The molecule has 20 heavy (non-hydrogen) atoms. The van der Waals surface area contributed by atoms with Crippen LogP contribution in [-0.4, -0.2) is 5.11 Å². The summed E-state index contributed by atoms with van der Waals surface area (Å²) >= 11 is 0. The smallest absolute Gasteiger partial charge is 0.123 e. The quantitative estimate of drug-likeness (QED) is 0.880. The summed E-state index contributed by atoms with van der Waals surface area (Å²) in [6.45, 7) is 6.01. The van der Waals surface area contributed by atoms with Gasteiger partial charge < -0.3 is 5.11 Å². The minimum atomic E-state index is -1.03. The first-order valence-electron chi connectivity index (χ1n) is 6.98. The fourth-order valence-corrected chi connectivity index (χ4v) is 2.72. The van der Waals surface area contributed by atoms with Crippen LogP contribution in [0.4, 0.5) is 4.39 Å². The molecule has 1 N–H and O–H groups in total. The molecule has 2 aromatic carbocycles. The Balaban J connectivity index is 2.36. The van der Waals surface area contributed by atoms with E-state index in [1.54, 1.807) is 12.1 Å². The molecule has 106 valence electrons. The highest BCUT2D eigenvalue weighted by molar-refractivity contribution is 5.32. The summed E-state index contributed by atoms with van der Waals surface area (Å²) in [4.78, 5) is 0. The van der Waals surface area contributed by atoms with Crippen molar-refractivity contribution in [3.63, 3.8) is 0 Å². The first kappa shape index (κ1) is 14.7. The zero-order valence-corrected chi connectivity index (χ0v) is 12.3. The third kappa shape index (κ3) is 3.26. The first-order valence-corrected chi connectivity index (χ1v) is 6.98. The van der Waals surface area contributed by atoms with Crippen LogP contribution in [0.25, 0.3) is 0 Å². The lowest BCUT2D eigenvalue weighted by molar-refractivity contribution is 0.0324. The lowest BCUT2D eigenvalue weighted by Crippen LogP contribution is -2.27. The van der Waals surface area contributed by atoms with E-state index in [0.29, 0.717) is 18.4 Å². The van der Waals surface area contributed by atoms with Crippen LogP contribution in [0, 0.1) is 19.7 Å². The van der Waals surface area contributed by atoms with Crippen molar-refractivity contribution in [1.82, 2.24) is 0 Å². The topological polar surface area (TPSA) is 20.2 Å². The molecule has 1 atom stereocenters. The summed E-state index contributed by atoms with van der Waals surface area (Å²) in [6.07, 6.45) is 1.04. The monoisotopic (exact) mass is 272 g/mol. The summed E-state index contributed by atoms with van der Waals surface area (Å²) in [6, 6.07) is 12.5. The number of aliphatic hydroxyl groups is 1. The van der Waals surface area contributed by atoms with Gasteiger partial charge in [-0.25, -0.2) is 4.39 Å². The summed E-state index contributed by atoms with van der Waals surface area (Å²) < 4.78 is 13.4. The largest absolute Gasteiger partial charge is 0.385 e. The maximum atomic E-state index is 13.4. The normalized spacial score (nSPS) is 14.1. The fraction of sp³-hybridized carbons (Fsp3) is 0.333. The molecule has 2 rings (SSSR count). The third-order valence-corrected chi connectivity index (χ3v) is 3.72. The lowest BCUT2D eigenvalue weighted by Gasteiger charge is -2.28. The van der Waals surface area contributed by atoms with E-state index in [-0.39, 0.29) is 5.82 Å². The van der Waals surface area contributed by atoms with E-state index in [2.05, 4.69) is 18.2 Å². The molecule has 2 aromatic rings. The van der Waals surface area contributed by atoms with E-state index in [1.165, 1.54) is 23.3 Å². The highest BCUT2D eigenvalue weighted by Crippen LogP contribution is 2.30. The van der Waals surface area contributed by atoms with Gasteiger partial charge in [-0.1, -0.05) is 48.4 Å². The van der Waals surface area contributed by atoms with Gasteiger partial charge in [0.05, 0.1) is 5.60 Å². The zero-order chi connectivity index (χ0) is 14.8. The highest BCUT2D eigenvalue weighted by atomic mass is 19.1. The number of benzene rings is 2.